The third-order valence-electron chi connectivity index (χ3n) is 7.28. The van der Waals surface area contributed by atoms with Crippen molar-refractivity contribution in [2.24, 2.45) is 5.11 Å². The summed E-state index contributed by atoms with van der Waals surface area (Å²) in [7, 11) is 1.49. The molecule has 0 spiro atoms. The first-order valence-corrected chi connectivity index (χ1v) is 14.5. The van der Waals surface area contributed by atoms with Crippen LogP contribution in [-0.4, -0.2) is 24.6 Å². The molecule has 45 heavy (non-hydrogen) atoms. The Morgan fingerprint density at radius 1 is 0.956 bits per heavy atom. The average molecular weight is 637 g/mol. The van der Waals surface area contributed by atoms with E-state index >= 15 is 0 Å². The number of methoxy groups -OCH3 is 1. The van der Waals surface area contributed by atoms with Gasteiger partial charge in [-0.2, -0.15) is 13.2 Å². The number of halogens is 4. The zero-order valence-corrected chi connectivity index (χ0v) is 25.7. The maximum atomic E-state index is 14.0. The molecule has 0 radical (unpaired) electrons. The van der Waals surface area contributed by atoms with Gasteiger partial charge in [0.1, 0.15) is 12.4 Å². The smallest absolute Gasteiger partial charge is 0.416 e. The van der Waals surface area contributed by atoms with Crippen LogP contribution in [0.4, 0.5) is 18.0 Å². The zero-order chi connectivity index (χ0) is 32.6. The molecular weight excluding hydrogens is 605 g/mol. The van der Waals surface area contributed by atoms with Crippen molar-refractivity contribution in [1.29, 1.82) is 0 Å². The molecule has 0 bridgehead atoms. The number of carbonyl (C=O) groups is 1. The van der Waals surface area contributed by atoms with E-state index in [0.717, 1.165) is 23.3 Å². The number of ether oxygens (including phenoxy) is 2. The first kappa shape index (κ1) is 33.2. The van der Waals surface area contributed by atoms with Crippen LogP contribution >= 0.6 is 11.6 Å². The number of hydrogen-bond donors (Lipinski definition) is 0. The Hall–Kier alpha value is -4.66. The Bertz CT molecular complexity index is 1660. The Kier molecular flexibility index (Phi) is 11.0. The van der Waals surface area contributed by atoms with Crippen LogP contribution in [0, 0.1) is 0 Å². The number of benzene rings is 4. The van der Waals surface area contributed by atoms with E-state index in [4.69, 9.17) is 21.1 Å². The van der Waals surface area contributed by atoms with Crippen molar-refractivity contribution in [3.63, 3.8) is 0 Å². The van der Waals surface area contributed by atoms with Crippen molar-refractivity contribution in [2.45, 2.75) is 45.1 Å². The summed E-state index contributed by atoms with van der Waals surface area (Å²) < 4.78 is 53.2. The molecule has 0 saturated heterocycles. The maximum Gasteiger partial charge on any atom is 0.416 e. The number of amides is 1. The highest BCUT2D eigenvalue weighted by Gasteiger charge is 2.32. The quantitative estimate of drug-likeness (QED) is 0.0932. The molecule has 234 valence electrons. The number of hydrogen-bond acceptors (Lipinski definition) is 4. The number of alkyl halides is 3. The first-order chi connectivity index (χ1) is 21.5. The number of rotatable bonds is 11. The fourth-order valence-electron chi connectivity index (χ4n) is 4.84. The summed E-state index contributed by atoms with van der Waals surface area (Å²) >= 11 is 6.05. The van der Waals surface area contributed by atoms with Gasteiger partial charge in [-0.1, -0.05) is 85.2 Å². The fourth-order valence-corrected chi connectivity index (χ4v) is 4.97. The Balaban J connectivity index is 1.81. The molecule has 0 aliphatic rings. The minimum Gasteiger partial charge on any atom is -0.496 e. The van der Waals surface area contributed by atoms with Gasteiger partial charge in [0.25, 0.3) is 0 Å². The molecule has 0 N–H and O–H groups in total. The van der Waals surface area contributed by atoms with Crippen molar-refractivity contribution >= 4 is 17.7 Å². The van der Waals surface area contributed by atoms with E-state index in [1.807, 2.05) is 32.0 Å². The van der Waals surface area contributed by atoms with Gasteiger partial charge in [0.2, 0.25) is 0 Å². The van der Waals surface area contributed by atoms with E-state index < -0.39 is 23.9 Å². The predicted octanol–water partition coefficient (Wildman–Crippen LogP) is 10.3. The first-order valence-electron chi connectivity index (χ1n) is 14.1. The molecule has 7 nitrogen and oxygen atoms in total. The lowest BCUT2D eigenvalue weighted by molar-refractivity contribution is -0.137. The van der Waals surface area contributed by atoms with Gasteiger partial charge in [0, 0.05) is 28.6 Å². The van der Waals surface area contributed by atoms with E-state index in [1.165, 1.54) is 18.1 Å². The second-order valence-electron chi connectivity index (χ2n) is 10.7. The maximum absolute atomic E-state index is 14.0. The third kappa shape index (κ3) is 8.71. The van der Waals surface area contributed by atoms with Gasteiger partial charge in [0.05, 0.1) is 18.7 Å². The van der Waals surface area contributed by atoms with Crippen LogP contribution in [0.2, 0.25) is 5.02 Å². The van der Waals surface area contributed by atoms with Crippen LogP contribution in [0.3, 0.4) is 0 Å². The highest BCUT2D eigenvalue weighted by Crippen LogP contribution is 2.39. The van der Waals surface area contributed by atoms with Gasteiger partial charge in [0.15, 0.2) is 0 Å². The van der Waals surface area contributed by atoms with Crippen LogP contribution < -0.4 is 4.74 Å². The van der Waals surface area contributed by atoms with Gasteiger partial charge in [-0.3, -0.25) is 0 Å². The van der Waals surface area contributed by atoms with Crippen LogP contribution in [0.15, 0.2) is 96.1 Å². The number of nitrogens with zero attached hydrogens (tertiary/aromatic N) is 4. The van der Waals surface area contributed by atoms with Gasteiger partial charge < -0.3 is 14.4 Å². The highest BCUT2D eigenvalue weighted by atomic mass is 35.5. The summed E-state index contributed by atoms with van der Waals surface area (Å²) in [5, 5.41) is 4.35. The van der Waals surface area contributed by atoms with Crippen LogP contribution in [-0.2, 0) is 24.1 Å². The summed E-state index contributed by atoms with van der Waals surface area (Å²) in [6, 6.07) is 23.6. The molecule has 0 heterocycles. The van der Waals surface area contributed by atoms with E-state index in [1.54, 1.807) is 54.6 Å². The number of azide groups is 1. The lowest BCUT2D eigenvalue weighted by atomic mass is 9.92. The molecular formula is C34H32ClF3N4O3. The second-order valence-corrected chi connectivity index (χ2v) is 11.1. The molecule has 4 aromatic carbocycles. The molecule has 1 atom stereocenters. The van der Waals surface area contributed by atoms with Crippen molar-refractivity contribution in [2.75, 3.05) is 13.7 Å². The van der Waals surface area contributed by atoms with Gasteiger partial charge in [-0.05, 0) is 75.7 Å². The monoisotopic (exact) mass is 636 g/mol. The minimum absolute atomic E-state index is 0.0665. The summed E-state index contributed by atoms with van der Waals surface area (Å²) in [4.78, 5) is 17.8. The van der Waals surface area contributed by atoms with E-state index in [9.17, 15) is 23.5 Å². The van der Waals surface area contributed by atoms with Crippen molar-refractivity contribution in [1.82, 2.24) is 4.90 Å². The molecule has 0 aromatic heterocycles. The van der Waals surface area contributed by atoms with E-state index in [-0.39, 0.29) is 31.2 Å². The topological polar surface area (TPSA) is 87.5 Å². The summed E-state index contributed by atoms with van der Waals surface area (Å²) in [6.45, 7) is 3.49. The van der Waals surface area contributed by atoms with Gasteiger partial charge >= 0.3 is 12.3 Å². The predicted molar refractivity (Wildman–Crippen MR) is 168 cm³/mol. The molecule has 4 rings (SSSR count). The molecule has 4 aromatic rings. The fraction of sp³-hybridized carbons (Fsp3) is 0.265. The summed E-state index contributed by atoms with van der Waals surface area (Å²) in [5.41, 5.74) is 12.0. The van der Waals surface area contributed by atoms with Crippen molar-refractivity contribution < 1.29 is 27.4 Å². The molecule has 0 aliphatic heterocycles. The van der Waals surface area contributed by atoms with E-state index in [0.29, 0.717) is 27.5 Å². The normalized spacial score (nSPS) is 11.9. The Labute approximate surface area is 264 Å². The average Bonchev–Trinajstić information content (AvgIpc) is 3.03. The Morgan fingerprint density at radius 3 is 2.27 bits per heavy atom. The van der Waals surface area contributed by atoms with Crippen LogP contribution in [0.1, 0.15) is 53.6 Å². The molecule has 0 aliphatic carbocycles. The van der Waals surface area contributed by atoms with Gasteiger partial charge in [-0.15, -0.1) is 0 Å². The summed E-state index contributed by atoms with van der Waals surface area (Å²) in [5.74, 6) is 0.604. The molecule has 0 fully saturated rings. The molecule has 1 unspecified atom stereocenters. The van der Waals surface area contributed by atoms with Crippen LogP contribution in [0.5, 0.6) is 5.75 Å². The lowest BCUT2D eigenvalue weighted by Crippen LogP contribution is -2.34. The SMILES string of the molecule is COc1ccc(C(C)C)cc1-c1ccc(C(F)(F)F)cc1CN(CC(N=[N+]=[N-])c1ccc(Cl)cc1)C(=O)OCc1ccccc1. The van der Waals surface area contributed by atoms with Crippen molar-refractivity contribution in [3.8, 4) is 16.9 Å². The second kappa shape index (κ2) is 14.9. The van der Waals surface area contributed by atoms with E-state index in [2.05, 4.69) is 10.0 Å². The largest absolute Gasteiger partial charge is 0.496 e. The van der Waals surface area contributed by atoms with Crippen molar-refractivity contribution in [3.05, 3.63) is 134 Å². The zero-order valence-electron chi connectivity index (χ0n) is 25.0. The minimum atomic E-state index is -4.63. The molecule has 11 heteroatoms. The standard InChI is InChI=1S/C34H32ClF3N4O3/c1-22(2)25-11-16-32(44-3)30(18-25)29-15-12-27(34(36,37)38)17-26(29)19-42(33(43)45-21-23-7-5-4-6-8-23)20-31(40-41-39)24-9-13-28(35)14-10-24/h4-18,22,31H,19-21H2,1-3H3. The third-order valence-corrected chi connectivity index (χ3v) is 7.53. The lowest BCUT2D eigenvalue weighted by Gasteiger charge is -2.27. The number of carbonyl (C=O) groups excluding carboxylic acids is 1. The Morgan fingerprint density at radius 2 is 1.64 bits per heavy atom. The highest BCUT2D eigenvalue weighted by molar-refractivity contribution is 6.30. The van der Waals surface area contributed by atoms with Crippen LogP contribution in [0.25, 0.3) is 21.6 Å². The summed E-state index contributed by atoms with van der Waals surface area (Å²) in [6.07, 6.45) is -5.43. The molecule has 0 saturated carbocycles. The van der Waals surface area contributed by atoms with Gasteiger partial charge in [-0.25, -0.2) is 4.79 Å². The molecule has 1 amide bonds.